The molecule has 0 atom stereocenters. The summed E-state index contributed by atoms with van der Waals surface area (Å²) in [6, 6.07) is 11.6. The van der Waals surface area contributed by atoms with Gasteiger partial charge < -0.3 is 15.5 Å². The summed E-state index contributed by atoms with van der Waals surface area (Å²) in [6.45, 7) is 6.99. The summed E-state index contributed by atoms with van der Waals surface area (Å²) in [5.74, 6) is -0.338. The van der Waals surface area contributed by atoms with E-state index in [0.717, 1.165) is 37.3 Å². The van der Waals surface area contributed by atoms with Crippen molar-refractivity contribution in [1.29, 1.82) is 0 Å². The van der Waals surface area contributed by atoms with Gasteiger partial charge in [-0.3, -0.25) is 4.79 Å². The lowest BCUT2D eigenvalue weighted by molar-refractivity contribution is 0.102. The maximum Gasteiger partial charge on any atom is 0.269 e. The van der Waals surface area contributed by atoms with Gasteiger partial charge in [-0.2, -0.15) is 8.78 Å². The minimum absolute atomic E-state index is 0.0588. The molecule has 0 unspecified atom stereocenters. The van der Waals surface area contributed by atoms with E-state index < -0.39 is 21.6 Å². The van der Waals surface area contributed by atoms with Gasteiger partial charge in [0.2, 0.25) is 10.0 Å². The van der Waals surface area contributed by atoms with Crippen LogP contribution in [0.25, 0.3) is 0 Å². The van der Waals surface area contributed by atoms with Crippen LogP contribution in [0.1, 0.15) is 69.7 Å². The third-order valence-corrected chi connectivity index (χ3v) is 9.59. The van der Waals surface area contributed by atoms with Gasteiger partial charge in [-0.1, -0.05) is 6.07 Å². The highest BCUT2D eigenvalue weighted by Crippen LogP contribution is 2.54. The van der Waals surface area contributed by atoms with Crippen LogP contribution >= 0.6 is 0 Å². The number of hydrogen-bond donors (Lipinski definition) is 3. The second-order valence-corrected chi connectivity index (χ2v) is 13.9. The molecular formula is C29H36F2N4O3S. The first-order chi connectivity index (χ1) is 18.3. The lowest BCUT2D eigenvalue weighted by Gasteiger charge is -2.35. The largest absolute Gasteiger partial charge is 0.382 e. The van der Waals surface area contributed by atoms with Crippen LogP contribution in [0, 0.1) is 5.41 Å². The summed E-state index contributed by atoms with van der Waals surface area (Å²) >= 11 is 0. The summed E-state index contributed by atoms with van der Waals surface area (Å²) in [7, 11) is -3.76. The summed E-state index contributed by atoms with van der Waals surface area (Å²) in [5, 5.41) is 6.21. The van der Waals surface area contributed by atoms with Crippen molar-refractivity contribution in [2.24, 2.45) is 5.41 Å². The van der Waals surface area contributed by atoms with E-state index >= 15 is 0 Å². The van der Waals surface area contributed by atoms with Gasteiger partial charge in [0.25, 0.3) is 12.0 Å². The Morgan fingerprint density at radius 2 is 1.67 bits per heavy atom. The molecule has 3 fully saturated rings. The van der Waals surface area contributed by atoms with Crippen molar-refractivity contribution in [1.82, 2.24) is 4.72 Å². The van der Waals surface area contributed by atoms with E-state index in [1.165, 1.54) is 25.0 Å². The van der Waals surface area contributed by atoms with Gasteiger partial charge in [0.05, 0.1) is 16.1 Å². The Labute approximate surface area is 229 Å². The number of carbonyl (C=O) groups is 1. The molecule has 2 aromatic rings. The fourth-order valence-corrected chi connectivity index (χ4v) is 6.87. The molecule has 0 bridgehead atoms. The Bertz CT molecular complexity index is 1390. The SMILES string of the molecule is CC(C)(C)NS(=O)(=O)c1cccc(NC(=O)c2ccc(NC3CC(=C(F)F)C3)cc2N2CCC3(CC2)CC3)c1. The van der Waals surface area contributed by atoms with Crippen molar-refractivity contribution in [2.45, 2.75) is 75.8 Å². The minimum Gasteiger partial charge on any atom is -0.382 e. The van der Waals surface area contributed by atoms with E-state index in [4.69, 9.17) is 0 Å². The number of piperidine rings is 1. The van der Waals surface area contributed by atoms with Gasteiger partial charge >= 0.3 is 0 Å². The van der Waals surface area contributed by atoms with E-state index in [1.807, 2.05) is 6.07 Å². The average Bonchev–Trinajstić information content (AvgIpc) is 3.58. The van der Waals surface area contributed by atoms with Crippen molar-refractivity contribution in [3.63, 3.8) is 0 Å². The molecule has 2 saturated carbocycles. The third kappa shape index (κ3) is 6.44. The first-order valence-electron chi connectivity index (χ1n) is 13.5. The number of nitrogens with zero attached hydrogens (tertiary/aromatic N) is 1. The highest BCUT2D eigenvalue weighted by Gasteiger charge is 2.44. The lowest BCUT2D eigenvalue weighted by Crippen LogP contribution is -2.40. The van der Waals surface area contributed by atoms with Crippen LogP contribution in [0.3, 0.4) is 0 Å². The Kier molecular flexibility index (Phi) is 7.22. The standard InChI is InChI=1S/C29H36F2N4O3S/c1-28(2,3)34-39(37,38)23-6-4-5-20(17-23)33-27(36)24-8-7-21(32-22-15-19(16-22)26(30)31)18-25(24)35-13-11-29(9-10-29)12-14-35/h4-8,17-18,22,32,34H,9-16H2,1-3H3,(H,33,36). The number of rotatable bonds is 7. The summed E-state index contributed by atoms with van der Waals surface area (Å²) in [6.07, 6.45) is 3.74. The smallest absolute Gasteiger partial charge is 0.269 e. The molecule has 2 aliphatic carbocycles. The van der Waals surface area contributed by atoms with Crippen LogP contribution < -0.4 is 20.3 Å². The molecule has 39 heavy (non-hydrogen) atoms. The average molecular weight is 559 g/mol. The lowest BCUT2D eigenvalue weighted by atomic mass is 9.87. The fourth-order valence-electron chi connectivity index (χ4n) is 5.40. The predicted octanol–water partition coefficient (Wildman–Crippen LogP) is 6.12. The number of benzene rings is 2. The molecule has 1 heterocycles. The van der Waals surface area contributed by atoms with Gasteiger partial charge in [-0.15, -0.1) is 0 Å². The number of carbonyl (C=O) groups excluding carboxylic acids is 1. The predicted molar refractivity (Wildman–Crippen MR) is 150 cm³/mol. The van der Waals surface area contributed by atoms with Gasteiger partial charge in [-0.05, 0) is 107 Å². The topological polar surface area (TPSA) is 90.5 Å². The van der Waals surface area contributed by atoms with E-state index in [-0.39, 0.29) is 22.4 Å². The quantitative estimate of drug-likeness (QED) is 0.381. The van der Waals surface area contributed by atoms with Gasteiger partial charge in [0.1, 0.15) is 0 Å². The van der Waals surface area contributed by atoms with Crippen molar-refractivity contribution in [2.75, 3.05) is 28.6 Å². The molecule has 0 aromatic heterocycles. The van der Waals surface area contributed by atoms with Crippen molar-refractivity contribution in [3.05, 3.63) is 59.7 Å². The van der Waals surface area contributed by atoms with Crippen molar-refractivity contribution in [3.8, 4) is 0 Å². The van der Waals surface area contributed by atoms with E-state index in [2.05, 4.69) is 20.3 Å². The van der Waals surface area contributed by atoms with Crippen molar-refractivity contribution >= 4 is 33.0 Å². The number of amides is 1. The molecule has 5 rings (SSSR count). The molecular weight excluding hydrogens is 522 g/mol. The zero-order valence-corrected chi connectivity index (χ0v) is 23.4. The van der Waals surface area contributed by atoms with Crippen LogP contribution in [-0.2, 0) is 10.0 Å². The van der Waals surface area contributed by atoms with E-state index in [9.17, 15) is 22.0 Å². The molecule has 1 amide bonds. The molecule has 10 heteroatoms. The number of halogens is 2. The van der Waals surface area contributed by atoms with Crippen LogP contribution in [0.15, 0.2) is 59.0 Å². The van der Waals surface area contributed by atoms with Crippen LogP contribution in [-0.4, -0.2) is 39.0 Å². The number of hydrogen-bond acceptors (Lipinski definition) is 5. The van der Waals surface area contributed by atoms with Gasteiger partial charge in [0, 0.05) is 36.0 Å². The Balaban J connectivity index is 1.37. The number of anilines is 3. The van der Waals surface area contributed by atoms with E-state index in [0.29, 0.717) is 29.5 Å². The second-order valence-electron chi connectivity index (χ2n) is 12.2. The highest BCUT2D eigenvalue weighted by atomic mass is 32.2. The zero-order chi connectivity index (χ0) is 28.0. The van der Waals surface area contributed by atoms with Crippen LogP contribution in [0.5, 0.6) is 0 Å². The summed E-state index contributed by atoms with van der Waals surface area (Å²) < 4.78 is 53.9. The molecule has 210 valence electrons. The molecule has 1 aliphatic heterocycles. The molecule has 0 radical (unpaired) electrons. The highest BCUT2D eigenvalue weighted by molar-refractivity contribution is 7.89. The van der Waals surface area contributed by atoms with Crippen LogP contribution in [0.4, 0.5) is 25.8 Å². The van der Waals surface area contributed by atoms with E-state index in [1.54, 1.807) is 45.0 Å². The molecule has 2 aromatic carbocycles. The fraction of sp³-hybridized carbons (Fsp3) is 0.483. The van der Waals surface area contributed by atoms with Gasteiger partial charge in [0.15, 0.2) is 0 Å². The number of nitrogens with one attached hydrogen (secondary N) is 3. The Morgan fingerprint density at radius 3 is 2.28 bits per heavy atom. The maximum absolute atomic E-state index is 13.5. The Hall–Kier alpha value is -2.98. The first-order valence-corrected chi connectivity index (χ1v) is 14.9. The minimum atomic E-state index is -3.76. The van der Waals surface area contributed by atoms with Crippen molar-refractivity contribution < 1.29 is 22.0 Å². The molecule has 1 saturated heterocycles. The molecule has 3 aliphatic rings. The maximum atomic E-state index is 13.5. The molecule has 7 nitrogen and oxygen atoms in total. The molecule has 3 N–H and O–H groups in total. The third-order valence-electron chi connectivity index (χ3n) is 7.83. The second kappa shape index (κ2) is 10.2. The normalized spacial score (nSPS) is 20.4. The first kappa shape index (κ1) is 27.6. The van der Waals surface area contributed by atoms with Gasteiger partial charge in [-0.25, -0.2) is 13.1 Å². The Morgan fingerprint density at radius 1 is 0.974 bits per heavy atom. The number of sulfonamides is 1. The zero-order valence-electron chi connectivity index (χ0n) is 22.6. The summed E-state index contributed by atoms with van der Waals surface area (Å²) in [5.41, 5.74) is 2.45. The monoisotopic (exact) mass is 558 g/mol. The molecule has 1 spiro atoms. The summed E-state index contributed by atoms with van der Waals surface area (Å²) in [4.78, 5) is 15.8. The van der Waals surface area contributed by atoms with Crippen LogP contribution in [0.2, 0.25) is 0 Å².